The van der Waals surface area contributed by atoms with Crippen LogP contribution in [0.3, 0.4) is 0 Å². The highest BCUT2D eigenvalue weighted by Crippen LogP contribution is 2.39. The lowest BCUT2D eigenvalue weighted by Gasteiger charge is -2.22. The van der Waals surface area contributed by atoms with Gasteiger partial charge in [0.05, 0.1) is 5.02 Å². The summed E-state index contributed by atoms with van der Waals surface area (Å²) < 4.78 is 62.9. The van der Waals surface area contributed by atoms with Crippen LogP contribution in [0.4, 0.5) is 22.0 Å². The summed E-state index contributed by atoms with van der Waals surface area (Å²) in [6.07, 6.45) is -7.08. The Hall–Kier alpha value is -0.400. The Kier molecular flexibility index (Phi) is 4.38. The van der Waals surface area contributed by atoms with Crippen LogP contribution < -0.4 is 0 Å². The molecule has 1 unspecified atom stereocenters. The van der Waals surface area contributed by atoms with E-state index in [1.807, 2.05) is 0 Å². The van der Waals surface area contributed by atoms with Crippen molar-refractivity contribution in [2.24, 2.45) is 0 Å². The predicted octanol–water partition coefficient (Wildman–Crippen LogP) is 4.18. The standard InChI is InChI=1S/C9H5BrClF5O/c10-4-2-6(12)3(1-5(4)11)7(17)9(15,16)8(13)14/h1-2,7-8,17H. The molecular formula is C9H5BrClF5O. The van der Waals surface area contributed by atoms with E-state index in [0.29, 0.717) is 12.1 Å². The highest BCUT2D eigenvalue weighted by molar-refractivity contribution is 9.10. The van der Waals surface area contributed by atoms with Gasteiger partial charge in [0.15, 0.2) is 6.10 Å². The fraction of sp³-hybridized carbons (Fsp3) is 0.333. The summed E-state index contributed by atoms with van der Waals surface area (Å²) in [5.41, 5.74) is -0.983. The topological polar surface area (TPSA) is 20.2 Å². The smallest absolute Gasteiger partial charge is 0.336 e. The number of alkyl halides is 4. The first-order valence-corrected chi connectivity index (χ1v) is 5.33. The van der Waals surface area contributed by atoms with Gasteiger partial charge in [0.2, 0.25) is 0 Å². The average molecular weight is 339 g/mol. The summed E-state index contributed by atoms with van der Waals surface area (Å²) in [7, 11) is 0. The fourth-order valence-electron chi connectivity index (χ4n) is 1.07. The minimum Gasteiger partial charge on any atom is -0.382 e. The molecular weight excluding hydrogens is 334 g/mol. The molecule has 0 aliphatic rings. The van der Waals surface area contributed by atoms with Crippen molar-refractivity contribution in [2.45, 2.75) is 18.5 Å². The molecule has 0 amide bonds. The Bertz CT molecular complexity index is 426. The summed E-state index contributed by atoms with van der Waals surface area (Å²) in [4.78, 5) is 0. The summed E-state index contributed by atoms with van der Waals surface area (Å²) in [6.45, 7) is 0. The largest absolute Gasteiger partial charge is 0.382 e. The van der Waals surface area contributed by atoms with Crippen LogP contribution in [0.2, 0.25) is 5.02 Å². The molecule has 1 aromatic carbocycles. The zero-order valence-corrected chi connectivity index (χ0v) is 10.2. The van der Waals surface area contributed by atoms with E-state index in [1.54, 1.807) is 0 Å². The zero-order chi connectivity index (χ0) is 13.4. The minimum atomic E-state index is -4.75. The third-order valence-corrected chi connectivity index (χ3v) is 3.19. The molecule has 0 aliphatic heterocycles. The van der Waals surface area contributed by atoms with Crippen molar-refractivity contribution in [1.82, 2.24) is 0 Å². The van der Waals surface area contributed by atoms with Crippen LogP contribution in [0.15, 0.2) is 16.6 Å². The fourth-order valence-corrected chi connectivity index (χ4v) is 1.56. The molecule has 1 N–H and O–H groups in total. The lowest BCUT2D eigenvalue weighted by molar-refractivity contribution is -0.194. The number of hydrogen-bond acceptors (Lipinski definition) is 1. The minimum absolute atomic E-state index is 0.0629. The molecule has 0 radical (unpaired) electrons. The van der Waals surface area contributed by atoms with Gasteiger partial charge in [-0.1, -0.05) is 11.6 Å². The Morgan fingerprint density at radius 2 is 1.82 bits per heavy atom. The van der Waals surface area contributed by atoms with Crippen LogP contribution in [0, 0.1) is 5.82 Å². The number of halogens is 7. The van der Waals surface area contributed by atoms with Crippen molar-refractivity contribution in [2.75, 3.05) is 0 Å². The van der Waals surface area contributed by atoms with Gasteiger partial charge in [-0.05, 0) is 28.1 Å². The SMILES string of the molecule is OC(c1cc(Cl)c(Br)cc1F)C(F)(F)C(F)F. The second kappa shape index (κ2) is 5.07. The van der Waals surface area contributed by atoms with E-state index in [9.17, 15) is 22.0 Å². The van der Waals surface area contributed by atoms with Gasteiger partial charge in [0.1, 0.15) is 5.82 Å². The third-order valence-electron chi connectivity index (χ3n) is 1.99. The average Bonchev–Trinajstić information content (AvgIpc) is 2.22. The quantitative estimate of drug-likeness (QED) is 0.647. The summed E-state index contributed by atoms with van der Waals surface area (Å²) in [5.74, 6) is -6.01. The number of rotatable bonds is 3. The third kappa shape index (κ3) is 2.89. The van der Waals surface area contributed by atoms with Crippen LogP contribution in [0.5, 0.6) is 0 Å². The first-order chi connectivity index (χ1) is 7.67. The molecule has 0 saturated heterocycles. The molecule has 0 bridgehead atoms. The van der Waals surface area contributed by atoms with Gasteiger partial charge >= 0.3 is 12.3 Å². The second-order valence-corrected chi connectivity index (χ2v) is 4.43. The lowest BCUT2D eigenvalue weighted by Crippen LogP contribution is -2.34. The molecule has 1 aromatic rings. The molecule has 1 rings (SSSR count). The highest BCUT2D eigenvalue weighted by atomic mass is 79.9. The van der Waals surface area contributed by atoms with Crippen molar-refractivity contribution < 1.29 is 27.1 Å². The van der Waals surface area contributed by atoms with Crippen molar-refractivity contribution >= 4 is 27.5 Å². The van der Waals surface area contributed by atoms with Crippen molar-refractivity contribution in [3.05, 3.63) is 33.0 Å². The molecule has 96 valence electrons. The van der Waals surface area contributed by atoms with Gasteiger partial charge in [-0.25, -0.2) is 13.2 Å². The van der Waals surface area contributed by atoms with Gasteiger partial charge in [0.25, 0.3) is 0 Å². The van der Waals surface area contributed by atoms with E-state index in [0.717, 1.165) is 0 Å². The summed E-state index contributed by atoms with van der Waals surface area (Å²) in [6, 6.07) is 1.38. The van der Waals surface area contributed by atoms with Crippen molar-refractivity contribution in [3.63, 3.8) is 0 Å². The maximum atomic E-state index is 13.2. The van der Waals surface area contributed by atoms with E-state index >= 15 is 0 Å². The second-order valence-electron chi connectivity index (χ2n) is 3.17. The van der Waals surface area contributed by atoms with Crippen LogP contribution in [-0.2, 0) is 0 Å². The molecule has 0 spiro atoms. The Labute approximate surface area is 106 Å². The van der Waals surface area contributed by atoms with Crippen molar-refractivity contribution in [3.8, 4) is 0 Å². The van der Waals surface area contributed by atoms with Gasteiger partial charge in [-0.3, -0.25) is 0 Å². The summed E-state index contributed by atoms with van der Waals surface area (Å²) in [5, 5.41) is 8.90. The van der Waals surface area contributed by atoms with E-state index < -0.39 is 29.8 Å². The molecule has 0 heterocycles. The van der Waals surface area contributed by atoms with Crippen LogP contribution in [0.1, 0.15) is 11.7 Å². The first kappa shape index (κ1) is 14.7. The van der Waals surface area contributed by atoms with Gasteiger partial charge in [-0.2, -0.15) is 8.78 Å². The number of aliphatic hydroxyl groups is 1. The number of benzene rings is 1. The van der Waals surface area contributed by atoms with Gasteiger partial charge in [-0.15, -0.1) is 0 Å². The Morgan fingerprint density at radius 1 is 1.29 bits per heavy atom. The molecule has 8 heteroatoms. The molecule has 0 saturated carbocycles. The highest BCUT2D eigenvalue weighted by Gasteiger charge is 2.49. The first-order valence-electron chi connectivity index (χ1n) is 4.16. The monoisotopic (exact) mass is 338 g/mol. The van der Waals surface area contributed by atoms with Gasteiger partial charge in [0, 0.05) is 10.0 Å². The molecule has 0 fully saturated rings. The predicted molar refractivity (Wildman–Crippen MR) is 55.0 cm³/mol. The van der Waals surface area contributed by atoms with Crippen molar-refractivity contribution in [1.29, 1.82) is 0 Å². The normalized spacial score (nSPS) is 14.2. The Balaban J connectivity index is 3.21. The number of aliphatic hydroxyl groups excluding tert-OH is 1. The van der Waals surface area contributed by atoms with Gasteiger partial charge < -0.3 is 5.11 Å². The van der Waals surface area contributed by atoms with E-state index in [1.165, 1.54) is 0 Å². The van der Waals surface area contributed by atoms with E-state index in [4.69, 9.17) is 16.7 Å². The molecule has 17 heavy (non-hydrogen) atoms. The molecule has 0 aliphatic carbocycles. The molecule has 0 aromatic heterocycles. The maximum Gasteiger partial charge on any atom is 0.336 e. The molecule has 1 nitrogen and oxygen atoms in total. The molecule has 1 atom stereocenters. The van der Waals surface area contributed by atoms with E-state index in [2.05, 4.69) is 15.9 Å². The lowest BCUT2D eigenvalue weighted by atomic mass is 10.0. The van der Waals surface area contributed by atoms with Crippen LogP contribution >= 0.6 is 27.5 Å². The van der Waals surface area contributed by atoms with Crippen LogP contribution in [0.25, 0.3) is 0 Å². The maximum absolute atomic E-state index is 13.2. The van der Waals surface area contributed by atoms with Crippen LogP contribution in [-0.4, -0.2) is 17.5 Å². The Morgan fingerprint density at radius 3 is 2.29 bits per heavy atom. The zero-order valence-electron chi connectivity index (χ0n) is 7.90. The summed E-state index contributed by atoms with van der Waals surface area (Å²) >= 11 is 8.32. The number of hydrogen-bond donors (Lipinski definition) is 1. The van der Waals surface area contributed by atoms with E-state index in [-0.39, 0.29) is 9.50 Å².